The average Bonchev–Trinajstić information content (AvgIpc) is 2.39. The Balaban J connectivity index is 2.98. The average molecular weight is 256 g/mol. The predicted octanol–water partition coefficient (Wildman–Crippen LogP) is 2.81. The zero-order chi connectivity index (χ0) is 12.7. The van der Waals surface area contributed by atoms with Crippen LogP contribution in [0.5, 0.6) is 0 Å². The number of benzene rings is 1. The zero-order valence-corrected chi connectivity index (χ0v) is 11.0. The van der Waals surface area contributed by atoms with Gasteiger partial charge >= 0.3 is 0 Å². The van der Waals surface area contributed by atoms with Crippen molar-refractivity contribution in [3.05, 3.63) is 29.8 Å². The van der Waals surface area contributed by atoms with Crippen molar-refractivity contribution in [3.8, 4) is 0 Å². The quantitative estimate of drug-likeness (QED) is 0.578. The number of para-hydroxylation sites is 1. The molecule has 0 aromatic heterocycles. The molecule has 0 bridgehead atoms. The molecule has 0 saturated heterocycles. The summed E-state index contributed by atoms with van der Waals surface area (Å²) in [6.07, 6.45) is 0.869. The largest absolute Gasteiger partial charge is 0.361 e. The van der Waals surface area contributed by atoms with Gasteiger partial charge in [0, 0.05) is 12.3 Å². The molecule has 0 N–H and O–H groups in total. The van der Waals surface area contributed by atoms with E-state index in [4.69, 9.17) is 16.3 Å². The van der Waals surface area contributed by atoms with Crippen molar-refractivity contribution in [2.45, 2.75) is 20.3 Å². The molecule has 0 atom stereocenters. The van der Waals surface area contributed by atoms with E-state index in [9.17, 15) is 4.79 Å². The molecule has 0 saturated carbocycles. The van der Waals surface area contributed by atoms with Gasteiger partial charge in [-0.05, 0) is 25.0 Å². The minimum Gasteiger partial charge on any atom is -0.361 e. The van der Waals surface area contributed by atoms with Gasteiger partial charge in [0.15, 0.2) is 0 Å². The first-order valence-electron chi connectivity index (χ1n) is 5.76. The molecule has 0 spiro atoms. The highest BCUT2D eigenvalue weighted by atomic mass is 35.5. The number of hydrogen-bond acceptors (Lipinski definition) is 2. The third-order valence-corrected chi connectivity index (χ3v) is 2.73. The standard InChI is InChI=1S/C13H18ClNO2/c1-3-11-7-5-6-8-12(11)15(10-17-4-2)13(16)9-14/h5-8H,3-4,9-10H2,1-2H3. The Bertz CT molecular complexity index is 368. The van der Waals surface area contributed by atoms with Crippen LogP contribution in [0, 0.1) is 0 Å². The van der Waals surface area contributed by atoms with Gasteiger partial charge in [-0.1, -0.05) is 25.1 Å². The van der Waals surface area contributed by atoms with Crippen LogP contribution in [0.3, 0.4) is 0 Å². The number of halogens is 1. The fraction of sp³-hybridized carbons (Fsp3) is 0.462. The van der Waals surface area contributed by atoms with Crippen LogP contribution >= 0.6 is 11.6 Å². The molecule has 3 nitrogen and oxygen atoms in total. The van der Waals surface area contributed by atoms with Crippen molar-refractivity contribution in [1.82, 2.24) is 0 Å². The summed E-state index contributed by atoms with van der Waals surface area (Å²) < 4.78 is 5.32. The molecule has 1 aromatic rings. The lowest BCUT2D eigenvalue weighted by atomic mass is 10.1. The van der Waals surface area contributed by atoms with E-state index < -0.39 is 0 Å². The van der Waals surface area contributed by atoms with Gasteiger partial charge in [-0.25, -0.2) is 0 Å². The predicted molar refractivity (Wildman–Crippen MR) is 70.5 cm³/mol. The number of rotatable bonds is 6. The molecule has 0 heterocycles. The van der Waals surface area contributed by atoms with Crippen molar-refractivity contribution < 1.29 is 9.53 Å². The number of aryl methyl sites for hydroxylation is 1. The summed E-state index contributed by atoms with van der Waals surface area (Å²) in [6, 6.07) is 7.80. The first-order chi connectivity index (χ1) is 8.24. The molecule has 0 aliphatic rings. The third-order valence-electron chi connectivity index (χ3n) is 2.50. The van der Waals surface area contributed by atoms with E-state index in [0.29, 0.717) is 6.61 Å². The van der Waals surface area contributed by atoms with Gasteiger partial charge in [-0.3, -0.25) is 9.69 Å². The Hall–Kier alpha value is -1.06. The molecule has 1 amide bonds. The molecular formula is C13H18ClNO2. The van der Waals surface area contributed by atoms with Crippen LogP contribution in [0.25, 0.3) is 0 Å². The maximum Gasteiger partial charge on any atom is 0.243 e. The molecule has 94 valence electrons. The third kappa shape index (κ3) is 3.72. The number of carbonyl (C=O) groups is 1. The van der Waals surface area contributed by atoms with Crippen LogP contribution < -0.4 is 4.90 Å². The molecule has 1 aromatic carbocycles. The second-order valence-electron chi connectivity index (χ2n) is 3.56. The Morgan fingerprint density at radius 1 is 1.35 bits per heavy atom. The Morgan fingerprint density at radius 2 is 2.06 bits per heavy atom. The second-order valence-corrected chi connectivity index (χ2v) is 3.83. The Morgan fingerprint density at radius 3 is 2.65 bits per heavy atom. The van der Waals surface area contributed by atoms with Crippen LogP contribution in [-0.4, -0.2) is 25.1 Å². The van der Waals surface area contributed by atoms with Crippen LogP contribution in [0.15, 0.2) is 24.3 Å². The maximum atomic E-state index is 11.8. The van der Waals surface area contributed by atoms with Gasteiger partial charge in [0.25, 0.3) is 0 Å². The first kappa shape index (κ1) is 14.0. The summed E-state index contributed by atoms with van der Waals surface area (Å²) in [5, 5.41) is 0. The molecular weight excluding hydrogens is 238 g/mol. The normalized spacial score (nSPS) is 10.3. The molecule has 0 unspecified atom stereocenters. The van der Waals surface area contributed by atoms with Gasteiger partial charge in [0.2, 0.25) is 5.91 Å². The van der Waals surface area contributed by atoms with E-state index in [2.05, 4.69) is 6.92 Å². The number of carbonyl (C=O) groups excluding carboxylic acids is 1. The lowest BCUT2D eigenvalue weighted by Crippen LogP contribution is -2.34. The number of alkyl halides is 1. The van der Waals surface area contributed by atoms with E-state index in [-0.39, 0.29) is 18.5 Å². The van der Waals surface area contributed by atoms with E-state index in [0.717, 1.165) is 17.7 Å². The van der Waals surface area contributed by atoms with E-state index >= 15 is 0 Å². The Kier molecular flexibility index (Phi) is 6.01. The summed E-state index contributed by atoms with van der Waals surface area (Å²) in [6.45, 7) is 4.78. The van der Waals surface area contributed by atoms with Crippen LogP contribution in [0.4, 0.5) is 5.69 Å². The first-order valence-corrected chi connectivity index (χ1v) is 6.30. The number of hydrogen-bond donors (Lipinski definition) is 0. The second kappa shape index (κ2) is 7.30. The number of anilines is 1. The van der Waals surface area contributed by atoms with Gasteiger partial charge in [-0.15, -0.1) is 11.6 Å². The van der Waals surface area contributed by atoms with E-state index in [1.165, 1.54) is 0 Å². The lowest BCUT2D eigenvalue weighted by molar-refractivity contribution is -0.117. The van der Waals surface area contributed by atoms with Crippen molar-refractivity contribution in [2.24, 2.45) is 0 Å². The summed E-state index contributed by atoms with van der Waals surface area (Å²) in [5.74, 6) is -0.175. The topological polar surface area (TPSA) is 29.5 Å². The number of amides is 1. The SMILES string of the molecule is CCOCN(C(=O)CCl)c1ccccc1CC. The van der Waals surface area contributed by atoms with Crippen molar-refractivity contribution in [2.75, 3.05) is 24.1 Å². The molecule has 0 aliphatic carbocycles. The molecule has 0 aliphatic heterocycles. The van der Waals surface area contributed by atoms with Gasteiger partial charge in [0.05, 0.1) is 0 Å². The fourth-order valence-electron chi connectivity index (χ4n) is 1.60. The molecule has 0 fully saturated rings. The number of ether oxygens (including phenoxy) is 1. The van der Waals surface area contributed by atoms with Gasteiger partial charge in [-0.2, -0.15) is 0 Å². The molecule has 1 rings (SSSR count). The van der Waals surface area contributed by atoms with Crippen LogP contribution in [-0.2, 0) is 16.0 Å². The number of nitrogens with zero attached hydrogens (tertiary/aromatic N) is 1. The lowest BCUT2D eigenvalue weighted by Gasteiger charge is -2.23. The van der Waals surface area contributed by atoms with Crippen molar-refractivity contribution in [3.63, 3.8) is 0 Å². The smallest absolute Gasteiger partial charge is 0.243 e. The summed E-state index contributed by atoms with van der Waals surface area (Å²) in [7, 11) is 0. The van der Waals surface area contributed by atoms with Crippen molar-refractivity contribution >= 4 is 23.2 Å². The van der Waals surface area contributed by atoms with Crippen LogP contribution in [0.1, 0.15) is 19.4 Å². The highest BCUT2D eigenvalue weighted by Gasteiger charge is 2.16. The van der Waals surface area contributed by atoms with E-state index in [1.807, 2.05) is 31.2 Å². The Labute approximate surface area is 107 Å². The van der Waals surface area contributed by atoms with Crippen molar-refractivity contribution in [1.29, 1.82) is 0 Å². The van der Waals surface area contributed by atoms with Gasteiger partial charge in [0.1, 0.15) is 12.6 Å². The zero-order valence-electron chi connectivity index (χ0n) is 10.3. The highest BCUT2D eigenvalue weighted by Crippen LogP contribution is 2.21. The summed E-state index contributed by atoms with van der Waals surface area (Å²) >= 11 is 5.62. The summed E-state index contributed by atoms with van der Waals surface area (Å²) in [5.41, 5.74) is 2.00. The minimum absolute atomic E-state index is 0.0366. The van der Waals surface area contributed by atoms with Gasteiger partial charge < -0.3 is 4.74 Å². The maximum absolute atomic E-state index is 11.8. The minimum atomic E-state index is -0.138. The molecule has 17 heavy (non-hydrogen) atoms. The highest BCUT2D eigenvalue weighted by molar-refractivity contribution is 6.29. The van der Waals surface area contributed by atoms with Crippen LogP contribution in [0.2, 0.25) is 0 Å². The molecule has 4 heteroatoms. The molecule has 0 radical (unpaired) electrons. The fourth-order valence-corrected chi connectivity index (χ4v) is 1.75. The monoisotopic (exact) mass is 255 g/mol. The summed E-state index contributed by atoms with van der Waals surface area (Å²) in [4.78, 5) is 13.4. The van der Waals surface area contributed by atoms with E-state index in [1.54, 1.807) is 4.90 Å².